The molecule has 3 saturated carbocycles. The van der Waals surface area contributed by atoms with E-state index in [1.54, 1.807) is 5.57 Å². The molecule has 0 spiro atoms. The van der Waals surface area contributed by atoms with Crippen LogP contribution >= 0.6 is 0 Å². The van der Waals surface area contributed by atoms with Crippen molar-refractivity contribution in [2.24, 2.45) is 35.5 Å². The van der Waals surface area contributed by atoms with Crippen molar-refractivity contribution in [3.63, 3.8) is 0 Å². The average Bonchev–Trinajstić information content (AvgIpc) is 3.65. The lowest BCUT2D eigenvalue weighted by Gasteiger charge is -2.56. The lowest BCUT2D eigenvalue weighted by atomic mass is 9.72. The Morgan fingerprint density at radius 1 is 0.610 bits per heavy atom. The van der Waals surface area contributed by atoms with Crippen LogP contribution < -0.4 is 16.0 Å². The molecule has 3 saturated heterocycles. The first-order chi connectivity index (χ1) is 29.2. The van der Waals surface area contributed by atoms with E-state index in [9.17, 15) is 5.26 Å². The zero-order valence-electron chi connectivity index (χ0n) is 35.9. The van der Waals surface area contributed by atoms with Crippen LogP contribution in [0.3, 0.4) is 0 Å². The molecule has 14 atom stereocenters. The summed E-state index contributed by atoms with van der Waals surface area (Å²) in [7, 11) is 0. The highest BCUT2D eigenvalue weighted by Crippen LogP contribution is 2.51. The summed E-state index contributed by atoms with van der Waals surface area (Å²) in [6.07, 6.45) is 52.7. The van der Waals surface area contributed by atoms with Crippen LogP contribution in [0.25, 0.3) is 0 Å². The molecule has 3 aliphatic heterocycles. The minimum Gasteiger partial charge on any atom is -0.370 e. The van der Waals surface area contributed by atoms with E-state index in [0.29, 0.717) is 30.0 Å². The van der Waals surface area contributed by atoms with Gasteiger partial charge < -0.3 is 9.64 Å². The van der Waals surface area contributed by atoms with Gasteiger partial charge in [0.1, 0.15) is 0 Å². The molecule has 0 bridgehead atoms. The van der Waals surface area contributed by atoms with Crippen LogP contribution in [0.1, 0.15) is 148 Å². The number of ether oxygens (including phenoxy) is 1. The molecular weight excluding hydrogens is 725 g/mol. The topological polar surface area (TPSA) is 75.6 Å². The SMILES string of the molecule is N#CC1C=C(C2NC(C3=CCCCC3)NC(C3CCC(C4C=CCCC4)CC3)N2)C(N2C3C=CCCC3OC3CCCCC32)=CC1N1C2CCC=CC2C2CCCCC21. The second-order valence-electron chi connectivity index (χ2n) is 21.0. The van der Waals surface area contributed by atoms with Crippen LogP contribution in [0.2, 0.25) is 0 Å². The molecule has 8 aliphatic carbocycles. The quantitative estimate of drug-likeness (QED) is 0.231. The van der Waals surface area contributed by atoms with Crippen LogP contribution in [0, 0.1) is 46.8 Å². The minimum absolute atomic E-state index is 0.0293. The van der Waals surface area contributed by atoms with Gasteiger partial charge in [0.05, 0.1) is 60.8 Å². The Morgan fingerprint density at radius 2 is 1.41 bits per heavy atom. The standard InChI is InChI=1S/C52H74N6O/c53-33-38-31-41(52-55-50(36-17-5-2-6-18-36)54-51(56-52)37-29-27-35(28-30-37)34-15-3-1-4-16-34)47(58-44-23-11-13-25-48(44)59-49-26-14-12-24-45(49)58)32-46(38)57-42-21-9-7-19-39(42)40-20-8-10-22-43(40)57/h3,7,11,15,17,19,23,31-32,34-35,37-40,42-46,48-52,54-56H,1-2,4-6,8-10,12-14,16,18,20-22,24-30H2. The highest BCUT2D eigenvalue weighted by molar-refractivity contribution is 5.45. The Balaban J connectivity index is 0.977. The molecule has 0 aromatic carbocycles. The van der Waals surface area contributed by atoms with Crippen LogP contribution in [0.5, 0.6) is 0 Å². The first-order valence-electron chi connectivity index (χ1n) is 25.2. The normalized spacial score (nSPS) is 46.2. The zero-order chi connectivity index (χ0) is 39.3. The van der Waals surface area contributed by atoms with Crippen molar-refractivity contribution >= 4 is 0 Å². The lowest BCUT2D eigenvalue weighted by Crippen LogP contribution is -2.71. The van der Waals surface area contributed by atoms with Gasteiger partial charge in [-0.05, 0) is 163 Å². The molecule has 11 rings (SSSR count). The zero-order valence-corrected chi connectivity index (χ0v) is 35.9. The first-order valence-corrected chi connectivity index (χ1v) is 25.2. The Labute approximate surface area is 356 Å². The van der Waals surface area contributed by atoms with E-state index in [-0.39, 0.29) is 48.7 Å². The van der Waals surface area contributed by atoms with Crippen molar-refractivity contribution < 1.29 is 4.74 Å². The molecule has 0 amide bonds. The Bertz CT molecular complexity index is 1750. The summed E-state index contributed by atoms with van der Waals surface area (Å²) in [5.74, 6) is 3.42. The number of allylic oxidation sites excluding steroid dienone is 5. The van der Waals surface area contributed by atoms with Crippen LogP contribution in [-0.2, 0) is 4.74 Å². The maximum atomic E-state index is 11.4. The molecule has 0 radical (unpaired) electrons. The first kappa shape index (κ1) is 39.4. The number of hydrogen-bond donors (Lipinski definition) is 3. The number of rotatable bonds is 6. The summed E-state index contributed by atoms with van der Waals surface area (Å²) in [6.45, 7) is 0. The average molecular weight is 799 g/mol. The van der Waals surface area contributed by atoms with Gasteiger partial charge in [-0.1, -0.05) is 74.3 Å². The molecule has 6 fully saturated rings. The van der Waals surface area contributed by atoms with Crippen molar-refractivity contribution in [2.45, 2.75) is 209 Å². The monoisotopic (exact) mass is 799 g/mol. The summed E-state index contributed by atoms with van der Waals surface area (Å²) in [5.41, 5.74) is 4.31. The van der Waals surface area contributed by atoms with Crippen LogP contribution in [0.4, 0.5) is 0 Å². The van der Waals surface area contributed by atoms with Gasteiger partial charge in [-0.2, -0.15) is 5.26 Å². The molecule has 3 heterocycles. The summed E-state index contributed by atoms with van der Waals surface area (Å²) in [5, 5.41) is 24.1. The maximum Gasteiger partial charge on any atom is 0.0879 e. The molecule has 0 aromatic rings. The van der Waals surface area contributed by atoms with Gasteiger partial charge in [-0.25, -0.2) is 0 Å². The van der Waals surface area contributed by atoms with Gasteiger partial charge in [0.25, 0.3) is 0 Å². The number of nitriles is 1. The fourth-order valence-corrected chi connectivity index (χ4v) is 15.0. The second-order valence-corrected chi connectivity index (χ2v) is 21.0. The third-order valence-corrected chi connectivity index (χ3v) is 17.8. The van der Waals surface area contributed by atoms with Gasteiger partial charge >= 0.3 is 0 Å². The lowest BCUT2D eigenvalue weighted by molar-refractivity contribution is -0.146. The Morgan fingerprint density at radius 3 is 2.25 bits per heavy atom. The maximum absolute atomic E-state index is 11.4. The molecule has 318 valence electrons. The number of nitrogens with zero attached hydrogens (tertiary/aromatic N) is 3. The van der Waals surface area contributed by atoms with Gasteiger partial charge in [0.15, 0.2) is 0 Å². The van der Waals surface area contributed by atoms with E-state index < -0.39 is 0 Å². The molecule has 59 heavy (non-hydrogen) atoms. The van der Waals surface area contributed by atoms with Crippen LogP contribution in [0.15, 0.2) is 71.5 Å². The molecule has 0 aromatic heterocycles. The largest absolute Gasteiger partial charge is 0.370 e. The van der Waals surface area contributed by atoms with Gasteiger partial charge in [-0.3, -0.25) is 20.9 Å². The number of morpholine rings is 1. The van der Waals surface area contributed by atoms with E-state index in [1.165, 1.54) is 140 Å². The number of likely N-dealkylation sites (tertiary alicyclic amines) is 1. The van der Waals surface area contributed by atoms with E-state index in [1.807, 2.05) is 0 Å². The second kappa shape index (κ2) is 17.4. The minimum atomic E-state index is -0.176. The highest BCUT2D eigenvalue weighted by Gasteiger charge is 2.54. The molecule has 7 heteroatoms. The van der Waals surface area contributed by atoms with E-state index in [0.717, 1.165) is 37.0 Å². The fraction of sp³-hybridized carbons (Fsp3) is 0.750. The Hall–Kier alpha value is -2.47. The predicted octanol–water partition coefficient (Wildman–Crippen LogP) is 9.68. The Kier molecular flexibility index (Phi) is 11.6. The summed E-state index contributed by atoms with van der Waals surface area (Å²) >= 11 is 0. The molecular formula is C52H74N6O. The summed E-state index contributed by atoms with van der Waals surface area (Å²) in [4.78, 5) is 5.86. The predicted molar refractivity (Wildman–Crippen MR) is 236 cm³/mol. The van der Waals surface area contributed by atoms with E-state index in [2.05, 4.69) is 86.5 Å². The molecule has 14 unspecified atom stereocenters. The van der Waals surface area contributed by atoms with Crippen molar-refractivity contribution in [2.75, 3.05) is 0 Å². The smallest absolute Gasteiger partial charge is 0.0879 e. The number of fused-ring (bicyclic) bond motifs is 5. The summed E-state index contributed by atoms with van der Waals surface area (Å²) in [6, 6.07) is 4.80. The van der Waals surface area contributed by atoms with Crippen LogP contribution in [-0.4, -0.2) is 70.7 Å². The van der Waals surface area contributed by atoms with Crippen molar-refractivity contribution in [1.29, 1.82) is 5.26 Å². The third kappa shape index (κ3) is 7.51. The third-order valence-electron chi connectivity index (χ3n) is 17.8. The fourth-order valence-electron chi connectivity index (χ4n) is 15.0. The highest BCUT2D eigenvalue weighted by atomic mass is 16.5. The van der Waals surface area contributed by atoms with E-state index >= 15 is 0 Å². The molecule has 3 N–H and O–H groups in total. The number of nitrogens with one attached hydrogen (secondary N) is 3. The molecule has 11 aliphatic rings. The number of hydrogen-bond acceptors (Lipinski definition) is 7. The van der Waals surface area contributed by atoms with E-state index in [4.69, 9.17) is 4.74 Å². The van der Waals surface area contributed by atoms with Crippen molar-refractivity contribution in [3.05, 3.63) is 71.5 Å². The molecule has 7 nitrogen and oxygen atoms in total. The van der Waals surface area contributed by atoms with Crippen molar-refractivity contribution in [3.8, 4) is 6.07 Å². The van der Waals surface area contributed by atoms with Gasteiger partial charge in [-0.15, -0.1) is 0 Å². The van der Waals surface area contributed by atoms with Crippen molar-refractivity contribution in [1.82, 2.24) is 25.8 Å². The summed E-state index contributed by atoms with van der Waals surface area (Å²) < 4.78 is 7.09. The van der Waals surface area contributed by atoms with Gasteiger partial charge in [0.2, 0.25) is 0 Å². The van der Waals surface area contributed by atoms with Gasteiger partial charge in [0, 0.05) is 23.4 Å².